The van der Waals surface area contributed by atoms with Crippen molar-refractivity contribution in [3.05, 3.63) is 35.6 Å². The van der Waals surface area contributed by atoms with Gasteiger partial charge in [-0.1, -0.05) is 16.8 Å². The predicted molar refractivity (Wildman–Crippen MR) is 111 cm³/mol. The van der Waals surface area contributed by atoms with E-state index in [4.69, 9.17) is 16.4 Å². The minimum absolute atomic E-state index is 0.00550. The quantitative estimate of drug-likeness (QED) is 0.216. The summed E-state index contributed by atoms with van der Waals surface area (Å²) >= 11 is 7.34. The van der Waals surface area contributed by atoms with E-state index in [1.807, 2.05) is 0 Å². The van der Waals surface area contributed by atoms with Crippen molar-refractivity contribution in [3.63, 3.8) is 0 Å². The lowest BCUT2D eigenvalue weighted by Gasteiger charge is -2.20. The zero-order chi connectivity index (χ0) is 23.0. The fourth-order valence-electron chi connectivity index (χ4n) is 2.54. The molecule has 0 atom stereocenters. The molecule has 0 radical (unpaired) electrons. The van der Waals surface area contributed by atoms with Crippen LogP contribution in [-0.2, 0) is 9.63 Å². The average Bonchev–Trinajstić information content (AvgIpc) is 3.08. The summed E-state index contributed by atoms with van der Waals surface area (Å²) in [6, 6.07) is 1.20. The van der Waals surface area contributed by atoms with Crippen LogP contribution in [-0.4, -0.2) is 57.7 Å². The van der Waals surface area contributed by atoms with Gasteiger partial charge in [-0.25, -0.2) is 9.07 Å². The maximum absolute atomic E-state index is 13.4. The molecule has 0 saturated heterocycles. The highest BCUT2D eigenvalue weighted by Gasteiger charge is 2.27. The normalized spacial score (nSPS) is 12.2. The van der Waals surface area contributed by atoms with Gasteiger partial charge < -0.3 is 9.74 Å². The Morgan fingerprint density at radius 1 is 1.39 bits per heavy atom. The first-order valence-corrected chi connectivity index (χ1v) is 10.6. The Kier molecular flexibility index (Phi) is 9.11. The lowest BCUT2D eigenvalue weighted by atomic mass is 10.3. The van der Waals surface area contributed by atoms with Crippen molar-refractivity contribution in [2.24, 2.45) is 5.16 Å². The molecule has 0 N–H and O–H groups in total. The van der Waals surface area contributed by atoms with Crippen molar-refractivity contribution >= 4 is 40.7 Å². The van der Waals surface area contributed by atoms with E-state index in [1.165, 1.54) is 35.2 Å². The molecule has 2 heterocycles. The van der Waals surface area contributed by atoms with Gasteiger partial charge >= 0.3 is 6.18 Å². The lowest BCUT2D eigenvalue weighted by Crippen LogP contribution is -2.37. The molecule has 31 heavy (non-hydrogen) atoms. The van der Waals surface area contributed by atoms with Crippen molar-refractivity contribution in [2.75, 3.05) is 30.1 Å². The molecule has 0 bridgehead atoms. The molecular weight excluding hydrogens is 462 g/mol. The highest BCUT2D eigenvalue weighted by atomic mass is 35.5. The van der Waals surface area contributed by atoms with Crippen molar-refractivity contribution in [1.82, 2.24) is 14.8 Å². The van der Waals surface area contributed by atoms with Gasteiger partial charge in [-0.15, -0.1) is 0 Å². The SMILES string of the molecule is CCN(C(=O)/C(CSCCCC(F)(F)F)=N\OC)c1cn(-c2cncc(F)c2)nc1Cl. The number of anilines is 1. The molecule has 0 spiro atoms. The Morgan fingerprint density at radius 3 is 2.74 bits per heavy atom. The molecule has 1 amide bonds. The van der Waals surface area contributed by atoms with E-state index in [1.54, 1.807) is 6.92 Å². The van der Waals surface area contributed by atoms with Crippen molar-refractivity contribution < 1.29 is 27.2 Å². The Bertz CT molecular complexity index is 923. The smallest absolute Gasteiger partial charge is 0.389 e. The first-order chi connectivity index (χ1) is 14.7. The van der Waals surface area contributed by atoms with E-state index in [9.17, 15) is 22.4 Å². The summed E-state index contributed by atoms with van der Waals surface area (Å²) in [4.78, 5) is 22.8. The minimum atomic E-state index is -4.22. The Labute approximate surface area is 185 Å². The van der Waals surface area contributed by atoms with Gasteiger partial charge in [0.2, 0.25) is 0 Å². The van der Waals surface area contributed by atoms with Gasteiger partial charge in [-0.05, 0) is 19.1 Å². The number of amides is 1. The van der Waals surface area contributed by atoms with E-state index >= 15 is 0 Å². The third-order valence-corrected chi connectivity index (χ3v) is 5.22. The zero-order valence-corrected chi connectivity index (χ0v) is 18.3. The van der Waals surface area contributed by atoms with Gasteiger partial charge in [0.1, 0.15) is 18.6 Å². The molecule has 2 aromatic heterocycles. The summed E-state index contributed by atoms with van der Waals surface area (Å²) < 4.78 is 51.5. The number of hydrogen-bond donors (Lipinski definition) is 0. The Morgan fingerprint density at radius 2 is 2.13 bits per heavy atom. The number of pyridine rings is 1. The molecule has 7 nitrogen and oxygen atoms in total. The number of halogens is 5. The van der Waals surface area contributed by atoms with Crippen LogP contribution in [0.1, 0.15) is 19.8 Å². The van der Waals surface area contributed by atoms with Crippen LogP contribution in [0.25, 0.3) is 5.69 Å². The van der Waals surface area contributed by atoms with E-state index in [0.29, 0.717) is 5.69 Å². The van der Waals surface area contributed by atoms with Crippen LogP contribution in [0, 0.1) is 5.82 Å². The van der Waals surface area contributed by atoms with E-state index in [2.05, 4.69) is 15.2 Å². The number of aromatic nitrogens is 3. The number of carbonyl (C=O) groups excluding carboxylic acids is 1. The summed E-state index contributed by atoms with van der Waals surface area (Å²) in [6.45, 7) is 1.91. The summed E-state index contributed by atoms with van der Waals surface area (Å²) in [5.41, 5.74) is 0.574. The van der Waals surface area contributed by atoms with Crippen LogP contribution in [0.15, 0.2) is 29.8 Å². The number of oxime groups is 1. The van der Waals surface area contributed by atoms with Gasteiger partial charge in [0.25, 0.3) is 5.91 Å². The first kappa shape index (κ1) is 24.9. The number of thioether (sulfide) groups is 1. The molecule has 0 aromatic carbocycles. The number of nitrogens with zero attached hydrogens (tertiary/aromatic N) is 5. The van der Waals surface area contributed by atoms with E-state index in [0.717, 1.165) is 18.0 Å². The Hall–Kier alpha value is -2.34. The summed E-state index contributed by atoms with van der Waals surface area (Å²) in [6.07, 6.45) is -1.31. The minimum Gasteiger partial charge on any atom is -0.399 e. The third kappa shape index (κ3) is 7.39. The molecule has 0 aliphatic heterocycles. The lowest BCUT2D eigenvalue weighted by molar-refractivity contribution is -0.134. The maximum atomic E-state index is 13.4. The molecule has 0 aliphatic carbocycles. The number of alkyl halides is 3. The number of hydrogen-bond acceptors (Lipinski definition) is 6. The van der Waals surface area contributed by atoms with Gasteiger partial charge in [0.15, 0.2) is 10.9 Å². The molecule has 0 fully saturated rings. The molecule has 170 valence electrons. The second-order valence-corrected chi connectivity index (χ2v) is 7.62. The standard InChI is InChI=1S/C18H20ClF4N5O2S/c1-3-27(15-10-28(25-16(15)19)13-7-12(20)8-24-9-13)17(29)14(26-30-2)11-31-6-4-5-18(21,22)23/h7-10H,3-6,11H2,1-2H3/b26-14-. The molecule has 0 saturated carbocycles. The van der Waals surface area contributed by atoms with Crippen molar-refractivity contribution in [3.8, 4) is 5.69 Å². The van der Waals surface area contributed by atoms with Gasteiger partial charge in [-0.3, -0.25) is 9.78 Å². The monoisotopic (exact) mass is 481 g/mol. The topological polar surface area (TPSA) is 72.6 Å². The first-order valence-electron chi connectivity index (χ1n) is 9.08. The Balaban J connectivity index is 2.14. The molecular formula is C18H20ClF4N5O2S. The van der Waals surface area contributed by atoms with Crippen LogP contribution in [0.4, 0.5) is 23.2 Å². The fourth-order valence-corrected chi connectivity index (χ4v) is 3.64. The van der Waals surface area contributed by atoms with Crippen LogP contribution < -0.4 is 4.90 Å². The third-order valence-electron chi connectivity index (χ3n) is 3.89. The predicted octanol–water partition coefficient (Wildman–Crippen LogP) is 4.49. The van der Waals surface area contributed by atoms with Crippen molar-refractivity contribution in [2.45, 2.75) is 25.9 Å². The maximum Gasteiger partial charge on any atom is 0.389 e. The summed E-state index contributed by atoms with van der Waals surface area (Å²) in [5.74, 6) is -0.842. The molecule has 0 aliphatic rings. The molecule has 2 rings (SSSR count). The van der Waals surface area contributed by atoms with Crippen LogP contribution in [0.3, 0.4) is 0 Å². The average molecular weight is 482 g/mol. The van der Waals surface area contributed by atoms with E-state index in [-0.39, 0.29) is 41.0 Å². The highest BCUT2D eigenvalue weighted by molar-refractivity contribution is 8.00. The summed E-state index contributed by atoms with van der Waals surface area (Å²) in [7, 11) is 1.26. The summed E-state index contributed by atoms with van der Waals surface area (Å²) in [5, 5.41) is 7.80. The molecule has 2 aromatic rings. The van der Waals surface area contributed by atoms with Crippen LogP contribution in [0.2, 0.25) is 5.15 Å². The second-order valence-electron chi connectivity index (χ2n) is 6.15. The largest absolute Gasteiger partial charge is 0.399 e. The van der Waals surface area contributed by atoms with Crippen LogP contribution in [0.5, 0.6) is 0 Å². The second kappa shape index (κ2) is 11.3. The van der Waals surface area contributed by atoms with Crippen molar-refractivity contribution in [1.29, 1.82) is 0 Å². The number of carbonyl (C=O) groups is 1. The van der Waals surface area contributed by atoms with Gasteiger partial charge in [0.05, 0.1) is 24.3 Å². The van der Waals surface area contributed by atoms with Crippen LogP contribution >= 0.6 is 23.4 Å². The van der Waals surface area contributed by atoms with Gasteiger partial charge in [0, 0.05) is 24.8 Å². The zero-order valence-electron chi connectivity index (χ0n) is 16.7. The number of rotatable bonds is 10. The fraction of sp³-hybridized carbons (Fsp3) is 0.444. The molecule has 13 heteroatoms. The highest BCUT2D eigenvalue weighted by Crippen LogP contribution is 2.27. The molecule has 0 unspecified atom stereocenters. The van der Waals surface area contributed by atoms with Gasteiger partial charge in [-0.2, -0.15) is 30.0 Å². The van der Waals surface area contributed by atoms with E-state index < -0.39 is 24.3 Å².